The normalized spacial score (nSPS) is 12.1. The topological polar surface area (TPSA) is 67.8 Å². The van der Waals surface area contributed by atoms with Gasteiger partial charge in [-0.3, -0.25) is 4.79 Å². The van der Waals surface area contributed by atoms with Crippen molar-refractivity contribution in [3.8, 4) is 11.5 Å². The van der Waals surface area contributed by atoms with Crippen molar-refractivity contribution in [1.29, 1.82) is 0 Å². The number of carbonyl (C=O) groups excluding carboxylic acids is 1. The molecule has 0 saturated carbocycles. The molecule has 0 fully saturated rings. The van der Waals surface area contributed by atoms with E-state index in [0.717, 1.165) is 12.1 Å². The molecule has 0 radical (unpaired) electrons. The van der Waals surface area contributed by atoms with Gasteiger partial charge in [-0.25, -0.2) is 0 Å². The van der Waals surface area contributed by atoms with E-state index in [1.54, 1.807) is 13.0 Å². The zero-order valence-electron chi connectivity index (χ0n) is 13.4. The zero-order valence-corrected chi connectivity index (χ0v) is 13.4. The van der Waals surface area contributed by atoms with Crippen LogP contribution in [0.15, 0.2) is 12.1 Å². The summed E-state index contributed by atoms with van der Waals surface area (Å²) >= 11 is 0. The highest BCUT2D eigenvalue weighted by molar-refractivity contribution is 5.80. The molecule has 0 aliphatic heterocycles. The molecule has 0 heterocycles. The molecular weight excluding hydrogens is 270 g/mol. The summed E-state index contributed by atoms with van der Waals surface area (Å²) in [7, 11) is 1.33. The summed E-state index contributed by atoms with van der Waals surface area (Å²) in [5, 5.41) is 13.7. The lowest BCUT2D eigenvalue weighted by atomic mass is 9.99. The number of ether oxygens (including phenoxy) is 2. The summed E-state index contributed by atoms with van der Waals surface area (Å²) < 4.78 is 10.4. The van der Waals surface area contributed by atoms with E-state index in [-0.39, 0.29) is 11.8 Å². The minimum absolute atomic E-state index is 0.00741. The molecule has 1 unspecified atom stereocenters. The van der Waals surface area contributed by atoms with Crippen LogP contribution in [0.1, 0.15) is 45.6 Å². The molecule has 1 rings (SSSR count). The third kappa shape index (κ3) is 4.28. The second-order valence-electron chi connectivity index (χ2n) is 5.27. The minimum Gasteiger partial charge on any atom is -0.504 e. The largest absolute Gasteiger partial charge is 0.504 e. The maximum absolute atomic E-state index is 11.7. The van der Waals surface area contributed by atoms with Crippen molar-refractivity contribution in [3.05, 3.63) is 17.7 Å². The average molecular weight is 295 g/mol. The number of nitrogens with one attached hydrogen (secondary N) is 1. The van der Waals surface area contributed by atoms with E-state index in [2.05, 4.69) is 5.32 Å². The van der Waals surface area contributed by atoms with Crippen LogP contribution in [-0.4, -0.2) is 30.8 Å². The fourth-order valence-electron chi connectivity index (χ4n) is 2.01. The number of hydrogen-bond acceptors (Lipinski definition) is 5. The molecule has 0 amide bonds. The maximum atomic E-state index is 11.7. The fraction of sp³-hybridized carbons (Fsp3) is 0.562. The van der Waals surface area contributed by atoms with Crippen LogP contribution in [0, 0.1) is 0 Å². The first kappa shape index (κ1) is 17.1. The van der Waals surface area contributed by atoms with E-state index >= 15 is 0 Å². The number of carbonyl (C=O) groups is 1. The third-order valence-corrected chi connectivity index (χ3v) is 3.08. The summed E-state index contributed by atoms with van der Waals surface area (Å²) in [6, 6.07) is 3.75. The summed E-state index contributed by atoms with van der Waals surface area (Å²) in [4.78, 5) is 11.7. The number of hydrogen-bond donors (Lipinski definition) is 2. The van der Waals surface area contributed by atoms with E-state index in [0.29, 0.717) is 17.9 Å². The molecule has 0 aromatic heterocycles. The van der Waals surface area contributed by atoms with E-state index < -0.39 is 11.9 Å². The van der Waals surface area contributed by atoms with Gasteiger partial charge >= 0.3 is 5.97 Å². The number of benzene rings is 1. The van der Waals surface area contributed by atoms with Gasteiger partial charge < -0.3 is 19.9 Å². The number of phenolic OH excluding ortho intramolecular Hbond substituents is 1. The standard InChI is InChI=1S/C16H25NO4/c1-6-9-21-15-13(17-10(2)3)8-7-12(14(15)18)11(4)16(19)20-5/h7-8,10-11,17-18H,6,9H2,1-5H3. The van der Waals surface area contributed by atoms with Gasteiger partial charge in [-0.05, 0) is 33.3 Å². The highest BCUT2D eigenvalue weighted by atomic mass is 16.5. The van der Waals surface area contributed by atoms with Gasteiger partial charge in [-0.1, -0.05) is 13.0 Å². The Bertz CT molecular complexity index is 485. The lowest BCUT2D eigenvalue weighted by Gasteiger charge is -2.20. The van der Waals surface area contributed by atoms with Crippen LogP contribution in [0.2, 0.25) is 0 Å². The van der Waals surface area contributed by atoms with Gasteiger partial charge in [-0.15, -0.1) is 0 Å². The molecule has 118 valence electrons. The smallest absolute Gasteiger partial charge is 0.312 e. The molecule has 5 nitrogen and oxygen atoms in total. The Morgan fingerprint density at radius 3 is 2.52 bits per heavy atom. The Morgan fingerprint density at radius 2 is 2.00 bits per heavy atom. The van der Waals surface area contributed by atoms with Gasteiger partial charge in [0, 0.05) is 11.6 Å². The number of methoxy groups -OCH3 is 1. The van der Waals surface area contributed by atoms with Crippen molar-refractivity contribution in [1.82, 2.24) is 0 Å². The predicted octanol–water partition coefficient (Wildman–Crippen LogP) is 3.28. The predicted molar refractivity (Wildman–Crippen MR) is 83.1 cm³/mol. The average Bonchev–Trinajstić information content (AvgIpc) is 2.45. The van der Waals surface area contributed by atoms with Crippen molar-refractivity contribution >= 4 is 11.7 Å². The molecule has 1 aromatic carbocycles. The summed E-state index contributed by atoms with van der Waals surface area (Å²) in [5.41, 5.74) is 1.22. The lowest BCUT2D eigenvalue weighted by Crippen LogP contribution is -2.14. The number of anilines is 1. The molecule has 0 aliphatic carbocycles. The number of rotatable bonds is 7. The first-order chi connectivity index (χ1) is 9.92. The molecule has 5 heteroatoms. The highest BCUT2D eigenvalue weighted by Crippen LogP contribution is 2.41. The van der Waals surface area contributed by atoms with Crippen molar-refractivity contribution in [3.63, 3.8) is 0 Å². The van der Waals surface area contributed by atoms with Gasteiger partial charge in [0.05, 0.1) is 25.3 Å². The molecule has 1 aromatic rings. The first-order valence-electron chi connectivity index (χ1n) is 7.25. The summed E-state index contributed by atoms with van der Waals surface area (Å²) in [5.74, 6) is -0.561. The van der Waals surface area contributed by atoms with Gasteiger partial charge in [0.15, 0.2) is 11.5 Å². The van der Waals surface area contributed by atoms with Crippen LogP contribution >= 0.6 is 0 Å². The van der Waals surface area contributed by atoms with Crippen molar-refractivity contribution in [2.24, 2.45) is 0 Å². The van der Waals surface area contributed by atoms with Crippen molar-refractivity contribution < 1.29 is 19.4 Å². The Labute approximate surface area is 126 Å². The highest BCUT2D eigenvalue weighted by Gasteiger charge is 2.23. The molecule has 1 atom stereocenters. The van der Waals surface area contributed by atoms with Gasteiger partial charge in [-0.2, -0.15) is 0 Å². The maximum Gasteiger partial charge on any atom is 0.312 e. The minimum atomic E-state index is -0.549. The van der Waals surface area contributed by atoms with Crippen LogP contribution < -0.4 is 10.1 Å². The number of aromatic hydroxyl groups is 1. The lowest BCUT2D eigenvalue weighted by molar-refractivity contribution is -0.142. The van der Waals surface area contributed by atoms with Crippen LogP contribution in [0.5, 0.6) is 11.5 Å². The van der Waals surface area contributed by atoms with E-state index in [4.69, 9.17) is 9.47 Å². The Balaban J connectivity index is 3.21. The van der Waals surface area contributed by atoms with Crippen molar-refractivity contribution in [2.75, 3.05) is 19.0 Å². The molecule has 2 N–H and O–H groups in total. The summed E-state index contributed by atoms with van der Waals surface area (Å²) in [6.07, 6.45) is 0.831. The molecule has 0 spiro atoms. The van der Waals surface area contributed by atoms with Gasteiger partial charge in [0.2, 0.25) is 0 Å². The molecule has 0 bridgehead atoms. The first-order valence-corrected chi connectivity index (χ1v) is 7.25. The second kappa shape index (κ2) is 7.76. The Kier molecular flexibility index (Phi) is 6.34. The Morgan fingerprint density at radius 1 is 1.33 bits per heavy atom. The SMILES string of the molecule is CCCOc1c(NC(C)C)ccc(C(C)C(=O)OC)c1O. The zero-order chi connectivity index (χ0) is 16.0. The fourth-order valence-corrected chi connectivity index (χ4v) is 2.01. The van der Waals surface area contributed by atoms with Crippen LogP contribution in [0.3, 0.4) is 0 Å². The monoisotopic (exact) mass is 295 g/mol. The van der Waals surface area contributed by atoms with Crippen LogP contribution in [-0.2, 0) is 9.53 Å². The molecule has 0 saturated heterocycles. The van der Waals surface area contributed by atoms with Gasteiger partial charge in [0.25, 0.3) is 0 Å². The molecule has 21 heavy (non-hydrogen) atoms. The molecule has 0 aliphatic rings. The quantitative estimate of drug-likeness (QED) is 0.756. The van der Waals surface area contributed by atoms with E-state index in [1.165, 1.54) is 7.11 Å². The van der Waals surface area contributed by atoms with Gasteiger partial charge in [0.1, 0.15) is 0 Å². The molecular formula is C16H25NO4. The third-order valence-electron chi connectivity index (χ3n) is 3.08. The second-order valence-corrected chi connectivity index (χ2v) is 5.27. The van der Waals surface area contributed by atoms with Crippen LogP contribution in [0.4, 0.5) is 5.69 Å². The van der Waals surface area contributed by atoms with Crippen LogP contribution in [0.25, 0.3) is 0 Å². The number of esters is 1. The van der Waals surface area contributed by atoms with E-state index in [1.807, 2.05) is 26.8 Å². The van der Waals surface area contributed by atoms with Crippen molar-refractivity contribution in [2.45, 2.75) is 46.1 Å². The van der Waals surface area contributed by atoms with E-state index in [9.17, 15) is 9.90 Å². The summed E-state index contributed by atoms with van der Waals surface area (Å²) in [6.45, 7) is 8.20. The Hall–Kier alpha value is -1.91. The number of phenols is 1.